The first-order valence-electron chi connectivity index (χ1n) is 6.09. The Hall–Kier alpha value is 0.170. The van der Waals surface area contributed by atoms with E-state index in [0.29, 0.717) is 0 Å². The molecule has 2 aromatic rings. The molecule has 0 spiro atoms. The van der Waals surface area contributed by atoms with Gasteiger partial charge in [0.1, 0.15) is 0 Å². The SMILES string of the molecule is Clc1ccc(C(CBr)(CBr)CCc2ccsc2)cc1. The Bertz CT molecular complexity index is 489. The minimum absolute atomic E-state index is 0.118. The fraction of sp³-hybridized carbons (Fsp3) is 0.333. The molecule has 102 valence electrons. The maximum atomic E-state index is 5.98. The molecule has 0 N–H and O–H groups in total. The van der Waals surface area contributed by atoms with Gasteiger partial charge in [0.25, 0.3) is 0 Å². The van der Waals surface area contributed by atoms with Crippen molar-refractivity contribution in [3.63, 3.8) is 0 Å². The van der Waals surface area contributed by atoms with Crippen LogP contribution in [-0.2, 0) is 11.8 Å². The molecule has 0 radical (unpaired) electrons. The topological polar surface area (TPSA) is 0 Å². The summed E-state index contributed by atoms with van der Waals surface area (Å²) >= 11 is 15.1. The van der Waals surface area contributed by atoms with Crippen molar-refractivity contribution in [2.75, 3.05) is 10.7 Å². The number of thiophene rings is 1. The Morgan fingerprint density at radius 3 is 2.26 bits per heavy atom. The third-order valence-corrected chi connectivity index (χ3v) is 6.57. The molecule has 1 aromatic heterocycles. The molecule has 0 aliphatic heterocycles. The smallest absolute Gasteiger partial charge is 0.0406 e. The van der Waals surface area contributed by atoms with Gasteiger partial charge in [0.15, 0.2) is 0 Å². The first kappa shape index (κ1) is 15.6. The van der Waals surface area contributed by atoms with E-state index in [-0.39, 0.29) is 5.41 Å². The summed E-state index contributed by atoms with van der Waals surface area (Å²) in [4.78, 5) is 0. The molecule has 0 atom stereocenters. The van der Waals surface area contributed by atoms with Gasteiger partial charge in [-0.25, -0.2) is 0 Å². The van der Waals surface area contributed by atoms with Crippen LogP contribution in [0.3, 0.4) is 0 Å². The van der Waals surface area contributed by atoms with E-state index in [2.05, 4.69) is 60.8 Å². The summed E-state index contributed by atoms with van der Waals surface area (Å²) in [5, 5.41) is 7.05. The Morgan fingerprint density at radius 2 is 1.74 bits per heavy atom. The van der Waals surface area contributed by atoms with Crippen LogP contribution in [0.2, 0.25) is 5.02 Å². The maximum absolute atomic E-state index is 5.98. The van der Waals surface area contributed by atoms with Crippen LogP contribution in [0.5, 0.6) is 0 Å². The third kappa shape index (κ3) is 3.84. The van der Waals surface area contributed by atoms with E-state index in [1.165, 1.54) is 11.1 Å². The van der Waals surface area contributed by atoms with E-state index in [1.54, 1.807) is 11.3 Å². The van der Waals surface area contributed by atoms with Gasteiger partial charge in [-0.2, -0.15) is 11.3 Å². The quantitative estimate of drug-likeness (QED) is 0.496. The average molecular weight is 423 g/mol. The van der Waals surface area contributed by atoms with Crippen molar-refractivity contribution in [3.05, 3.63) is 57.2 Å². The van der Waals surface area contributed by atoms with Gasteiger partial charge in [-0.3, -0.25) is 0 Å². The summed E-state index contributed by atoms with van der Waals surface area (Å²) in [5.41, 5.74) is 2.87. The van der Waals surface area contributed by atoms with Gasteiger partial charge < -0.3 is 0 Å². The van der Waals surface area contributed by atoms with E-state index in [1.807, 2.05) is 12.1 Å². The molecule has 0 aliphatic rings. The van der Waals surface area contributed by atoms with E-state index in [9.17, 15) is 0 Å². The monoisotopic (exact) mass is 420 g/mol. The number of hydrogen-bond donors (Lipinski definition) is 0. The van der Waals surface area contributed by atoms with E-state index in [0.717, 1.165) is 28.5 Å². The fourth-order valence-corrected chi connectivity index (χ4v) is 5.06. The van der Waals surface area contributed by atoms with Crippen LogP contribution in [0, 0.1) is 0 Å². The lowest BCUT2D eigenvalue weighted by molar-refractivity contribution is 0.505. The molecule has 2 rings (SSSR count). The third-order valence-electron chi connectivity index (χ3n) is 3.44. The van der Waals surface area contributed by atoms with Gasteiger partial charge in [-0.05, 0) is 52.9 Å². The van der Waals surface area contributed by atoms with Gasteiger partial charge in [-0.1, -0.05) is 55.6 Å². The number of aryl methyl sites for hydroxylation is 1. The van der Waals surface area contributed by atoms with Crippen LogP contribution in [0.15, 0.2) is 41.1 Å². The molecule has 0 fully saturated rings. The second-order valence-electron chi connectivity index (χ2n) is 4.69. The number of halogens is 3. The zero-order chi connectivity index (χ0) is 13.7. The predicted molar refractivity (Wildman–Crippen MR) is 93.4 cm³/mol. The van der Waals surface area contributed by atoms with Gasteiger partial charge in [0.2, 0.25) is 0 Å². The Morgan fingerprint density at radius 1 is 1.05 bits per heavy atom. The number of hydrogen-bond acceptors (Lipinski definition) is 1. The summed E-state index contributed by atoms with van der Waals surface area (Å²) in [5.74, 6) is 0. The largest absolute Gasteiger partial charge is 0.152 e. The van der Waals surface area contributed by atoms with Crippen LogP contribution < -0.4 is 0 Å². The fourth-order valence-electron chi connectivity index (χ4n) is 2.09. The number of benzene rings is 1. The van der Waals surface area contributed by atoms with E-state index >= 15 is 0 Å². The van der Waals surface area contributed by atoms with Crippen molar-refractivity contribution < 1.29 is 0 Å². The molecular formula is C15H15Br2ClS. The van der Waals surface area contributed by atoms with Gasteiger partial charge >= 0.3 is 0 Å². The molecule has 0 bridgehead atoms. The van der Waals surface area contributed by atoms with Crippen molar-refractivity contribution in [2.45, 2.75) is 18.3 Å². The Kier molecular flexibility index (Phi) is 5.94. The average Bonchev–Trinajstić information content (AvgIpc) is 2.95. The van der Waals surface area contributed by atoms with Crippen LogP contribution >= 0.6 is 54.8 Å². The highest BCUT2D eigenvalue weighted by Crippen LogP contribution is 2.34. The highest BCUT2D eigenvalue weighted by Gasteiger charge is 2.29. The van der Waals surface area contributed by atoms with Crippen molar-refractivity contribution in [1.29, 1.82) is 0 Å². The van der Waals surface area contributed by atoms with Crippen molar-refractivity contribution >= 4 is 54.8 Å². The zero-order valence-electron chi connectivity index (χ0n) is 10.4. The first-order chi connectivity index (χ1) is 9.20. The second-order valence-corrected chi connectivity index (χ2v) is 7.02. The Labute approximate surface area is 140 Å². The van der Waals surface area contributed by atoms with Crippen molar-refractivity contribution in [2.24, 2.45) is 0 Å². The summed E-state index contributed by atoms with van der Waals surface area (Å²) < 4.78 is 0. The van der Waals surface area contributed by atoms with E-state index in [4.69, 9.17) is 11.6 Å². The molecule has 0 saturated carbocycles. The lowest BCUT2D eigenvalue weighted by Gasteiger charge is -2.31. The molecule has 0 nitrogen and oxygen atoms in total. The predicted octanol–water partition coefficient (Wildman–Crippen LogP) is 6.06. The maximum Gasteiger partial charge on any atom is 0.0406 e. The molecule has 1 heterocycles. The molecule has 4 heteroatoms. The minimum Gasteiger partial charge on any atom is -0.152 e. The zero-order valence-corrected chi connectivity index (χ0v) is 15.2. The molecule has 0 unspecified atom stereocenters. The molecular weight excluding hydrogens is 407 g/mol. The van der Waals surface area contributed by atoms with Crippen LogP contribution in [0.4, 0.5) is 0 Å². The van der Waals surface area contributed by atoms with Crippen LogP contribution in [0.1, 0.15) is 17.5 Å². The van der Waals surface area contributed by atoms with Crippen molar-refractivity contribution in [3.8, 4) is 0 Å². The summed E-state index contributed by atoms with van der Waals surface area (Å²) in [6.07, 6.45) is 2.21. The lowest BCUT2D eigenvalue weighted by Crippen LogP contribution is -2.30. The lowest BCUT2D eigenvalue weighted by atomic mass is 9.80. The van der Waals surface area contributed by atoms with Crippen LogP contribution in [0.25, 0.3) is 0 Å². The normalized spacial score (nSPS) is 11.7. The minimum atomic E-state index is 0.118. The molecule has 0 saturated heterocycles. The number of rotatable bonds is 6. The standard InChI is InChI=1S/C15H15Br2ClS/c16-10-15(11-17,7-5-12-6-8-19-9-12)13-1-3-14(18)4-2-13/h1-4,6,8-9H,5,7,10-11H2. The highest BCUT2D eigenvalue weighted by molar-refractivity contribution is 9.09. The van der Waals surface area contributed by atoms with Gasteiger partial charge in [0, 0.05) is 21.1 Å². The summed E-state index contributed by atoms with van der Waals surface area (Å²) in [7, 11) is 0. The highest BCUT2D eigenvalue weighted by atomic mass is 79.9. The Balaban J connectivity index is 2.19. The second kappa shape index (κ2) is 7.26. The summed E-state index contributed by atoms with van der Waals surface area (Å²) in [6, 6.07) is 10.4. The molecule has 19 heavy (non-hydrogen) atoms. The number of alkyl halides is 2. The van der Waals surface area contributed by atoms with Gasteiger partial charge in [-0.15, -0.1) is 0 Å². The molecule has 0 amide bonds. The van der Waals surface area contributed by atoms with E-state index < -0.39 is 0 Å². The first-order valence-corrected chi connectivity index (χ1v) is 9.65. The summed E-state index contributed by atoms with van der Waals surface area (Å²) in [6.45, 7) is 0. The molecule has 0 aliphatic carbocycles. The molecule has 1 aromatic carbocycles. The van der Waals surface area contributed by atoms with Crippen LogP contribution in [-0.4, -0.2) is 10.7 Å². The van der Waals surface area contributed by atoms with Gasteiger partial charge in [0.05, 0.1) is 0 Å². The van der Waals surface area contributed by atoms with Crippen molar-refractivity contribution in [1.82, 2.24) is 0 Å².